The number of nitrogens with one attached hydrogen (secondary N) is 2. The van der Waals surface area contributed by atoms with Gasteiger partial charge in [0.2, 0.25) is 0 Å². The Hall–Kier alpha value is -4.28. The summed E-state index contributed by atoms with van der Waals surface area (Å²) in [6.45, 7) is 8.12. The standard InChI is InChI=1S/C35H45N5O5/c1-22(2)32(40-18-17-38-35(40)44)33(43)27(19-25-11-7-5-8-12-25)20-28(41)31(30(36)26-13-9-6-10-14-26)39-29(42)21-45-34-23(3)15-16-37-24(34)4/h5-16,22,27-28,30-32,41H,17-21,36H2,1-4H3,(H,38,44)(H,39,42)/t27-,28-,30?,31+,32?/m0/s1. The summed E-state index contributed by atoms with van der Waals surface area (Å²) in [5.41, 5.74) is 9.87. The normalized spacial score (nSPS) is 16.4. The van der Waals surface area contributed by atoms with E-state index >= 15 is 0 Å². The molecule has 10 heteroatoms. The van der Waals surface area contributed by atoms with Crippen molar-refractivity contribution in [2.45, 2.75) is 64.8 Å². The van der Waals surface area contributed by atoms with Gasteiger partial charge in [-0.2, -0.15) is 0 Å². The number of rotatable bonds is 15. The second-order valence-corrected chi connectivity index (χ2v) is 12.1. The summed E-state index contributed by atoms with van der Waals surface area (Å²) >= 11 is 0. The van der Waals surface area contributed by atoms with Crippen LogP contribution in [0.1, 0.15) is 48.7 Å². The molecule has 5 atom stereocenters. The molecule has 1 saturated heterocycles. The van der Waals surface area contributed by atoms with Crippen LogP contribution in [0.25, 0.3) is 0 Å². The highest BCUT2D eigenvalue weighted by Crippen LogP contribution is 2.27. The number of nitrogens with two attached hydrogens (primary N) is 1. The molecule has 1 fully saturated rings. The van der Waals surface area contributed by atoms with Gasteiger partial charge in [0.1, 0.15) is 5.75 Å². The predicted octanol–water partition coefficient (Wildman–Crippen LogP) is 3.49. The Bertz CT molecular complexity index is 1410. The van der Waals surface area contributed by atoms with Crippen LogP contribution in [0.4, 0.5) is 4.79 Å². The van der Waals surface area contributed by atoms with Gasteiger partial charge in [0.15, 0.2) is 12.4 Å². The Morgan fingerprint density at radius 1 is 1.07 bits per heavy atom. The molecule has 3 aromatic rings. The lowest BCUT2D eigenvalue weighted by Crippen LogP contribution is -2.53. The first-order valence-corrected chi connectivity index (χ1v) is 15.5. The van der Waals surface area contributed by atoms with Crippen LogP contribution < -0.4 is 21.1 Å². The fourth-order valence-electron chi connectivity index (χ4n) is 6.04. The van der Waals surface area contributed by atoms with Crippen LogP contribution in [0, 0.1) is 25.7 Å². The summed E-state index contributed by atoms with van der Waals surface area (Å²) in [5, 5.41) is 17.5. The van der Waals surface area contributed by atoms with Crippen LogP contribution in [-0.2, 0) is 16.0 Å². The summed E-state index contributed by atoms with van der Waals surface area (Å²) in [4.78, 5) is 46.0. The van der Waals surface area contributed by atoms with Crippen molar-refractivity contribution >= 4 is 17.7 Å². The molecular weight excluding hydrogens is 570 g/mol. The van der Waals surface area contributed by atoms with E-state index in [1.54, 1.807) is 24.1 Å². The molecule has 5 N–H and O–H groups in total. The largest absolute Gasteiger partial charge is 0.482 e. The molecular formula is C35H45N5O5. The molecule has 45 heavy (non-hydrogen) atoms. The van der Waals surface area contributed by atoms with Gasteiger partial charge in [0.25, 0.3) is 5.91 Å². The molecule has 0 aliphatic carbocycles. The molecule has 1 aliphatic heterocycles. The fraction of sp³-hybridized carbons (Fsp3) is 0.429. The summed E-state index contributed by atoms with van der Waals surface area (Å²) in [5.74, 6) is -0.865. The number of amides is 3. The molecule has 3 amide bonds. The summed E-state index contributed by atoms with van der Waals surface area (Å²) < 4.78 is 5.82. The molecule has 2 heterocycles. The third-order valence-corrected chi connectivity index (χ3v) is 8.34. The van der Waals surface area contributed by atoms with Gasteiger partial charge in [-0.05, 0) is 55.4 Å². The number of hydrogen-bond acceptors (Lipinski definition) is 7. The van der Waals surface area contributed by atoms with Gasteiger partial charge in [-0.15, -0.1) is 0 Å². The number of aliphatic hydroxyl groups is 1. The third-order valence-electron chi connectivity index (χ3n) is 8.34. The molecule has 240 valence electrons. The quantitative estimate of drug-likeness (QED) is 0.205. The minimum Gasteiger partial charge on any atom is -0.482 e. The Kier molecular flexibility index (Phi) is 11.7. The van der Waals surface area contributed by atoms with Gasteiger partial charge in [-0.3, -0.25) is 14.6 Å². The first kappa shape index (κ1) is 33.6. The van der Waals surface area contributed by atoms with Crippen molar-refractivity contribution < 1.29 is 24.2 Å². The topological polar surface area (TPSA) is 147 Å². The first-order chi connectivity index (χ1) is 21.6. The van der Waals surface area contributed by atoms with E-state index in [2.05, 4.69) is 15.6 Å². The zero-order chi connectivity index (χ0) is 32.5. The number of aryl methyl sites for hydroxylation is 2. The van der Waals surface area contributed by atoms with E-state index in [0.717, 1.165) is 16.7 Å². The van der Waals surface area contributed by atoms with Crippen LogP contribution in [0.5, 0.6) is 5.75 Å². The van der Waals surface area contributed by atoms with E-state index < -0.39 is 36.1 Å². The van der Waals surface area contributed by atoms with Gasteiger partial charge in [0, 0.05) is 25.2 Å². The lowest BCUT2D eigenvalue weighted by atomic mass is 9.81. The first-order valence-electron chi connectivity index (χ1n) is 15.5. The fourth-order valence-corrected chi connectivity index (χ4v) is 6.04. The van der Waals surface area contributed by atoms with E-state index in [9.17, 15) is 19.5 Å². The van der Waals surface area contributed by atoms with Crippen LogP contribution >= 0.6 is 0 Å². The van der Waals surface area contributed by atoms with Crippen molar-refractivity contribution in [3.8, 4) is 5.75 Å². The van der Waals surface area contributed by atoms with Crippen LogP contribution in [0.3, 0.4) is 0 Å². The number of ether oxygens (including phenoxy) is 1. The highest BCUT2D eigenvalue weighted by atomic mass is 16.5. The Labute approximate surface area is 265 Å². The van der Waals surface area contributed by atoms with Gasteiger partial charge in [-0.25, -0.2) is 4.79 Å². The molecule has 0 spiro atoms. The number of benzene rings is 2. The average Bonchev–Trinajstić information content (AvgIpc) is 3.44. The Balaban J connectivity index is 1.60. The van der Waals surface area contributed by atoms with E-state index in [1.807, 2.05) is 81.4 Å². The van der Waals surface area contributed by atoms with Crippen molar-refractivity contribution in [2.24, 2.45) is 17.6 Å². The molecule has 2 unspecified atom stereocenters. The number of Topliss-reactive ketones (excluding diaryl/α,β-unsaturated/α-hetero) is 1. The number of aromatic nitrogens is 1. The van der Waals surface area contributed by atoms with E-state index in [1.165, 1.54) is 0 Å². The second kappa shape index (κ2) is 15.6. The van der Waals surface area contributed by atoms with E-state index in [4.69, 9.17) is 10.5 Å². The number of carbonyl (C=O) groups excluding carboxylic acids is 3. The lowest BCUT2D eigenvalue weighted by molar-refractivity contribution is -0.130. The number of aliphatic hydroxyl groups excluding tert-OH is 1. The maximum atomic E-state index is 14.3. The zero-order valence-electron chi connectivity index (χ0n) is 26.5. The van der Waals surface area contributed by atoms with E-state index in [0.29, 0.717) is 31.0 Å². The summed E-state index contributed by atoms with van der Waals surface area (Å²) in [7, 11) is 0. The van der Waals surface area contributed by atoms with Crippen molar-refractivity contribution in [1.29, 1.82) is 0 Å². The lowest BCUT2D eigenvalue weighted by Gasteiger charge is -2.35. The van der Waals surface area contributed by atoms with Gasteiger partial charge < -0.3 is 31.1 Å². The summed E-state index contributed by atoms with van der Waals surface area (Å²) in [6, 6.07) is 18.0. The second-order valence-electron chi connectivity index (χ2n) is 12.1. The molecule has 1 aromatic heterocycles. The van der Waals surface area contributed by atoms with E-state index in [-0.39, 0.29) is 30.8 Å². The number of ketones is 1. The zero-order valence-corrected chi connectivity index (χ0v) is 26.5. The molecule has 10 nitrogen and oxygen atoms in total. The third kappa shape index (κ3) is 8.67. The molecule has 0 saturated carbocycles. The number of urea groups is 1. The predicted molar refractivity (Wildman–Crippen MR) is 173 cm³/mol. The minimum absolute atomic E-state index is 0.0273. The Morgan fingerprint density at radius 2 is 1.73 bits per heavy atom. The maximum absolute atomic E-state index is 14.3. The monoisotopic (exact) mass is 615 g/mol. The Morgan fingerprint density at radius 3 is 2.33 bits per heavy atom. The van der Waals surface area contributed by atoms with Gasteiger partial charge in [0.05, 0.1) is 29.9 Å². The SMILES string of the molecule is Cc1ccnc(C)c1OCC(=O)N[C@@H](C(N)c1ccccc1)[C@@H](O)C[C@H](Cc1ccccc1)C(=O)C(C(C)C)N1CCNC1=O. The highest BCUT2D eigenvalue weighted by Gasteiger charge is 2.40. The number of hydrogen-bond donors (Lipinski definition) is 4. The average molecular weight is 616 g/mol. The van der Waals surface area contributed by atoms with Gasteiger partial charge >= 0.3 is 6.03 Å². The van der Waals surface area contributed by atoms with Crippen molar-refractivity contribution in [2.75, 3.05) is 19.7 Å². The van der Waals surface area contributed by atoms with Crippen molar-refractivity contribution in [1.82, 2.24) is 20.5 Å². The molecule has 1 aliphatic rings. The van der Waals surface area contributed by atoms with Crippen LogP contribution in [-0.4, -0.2) is 70.6 Å². The summed E-state index contributed by atoms with van der Waals surface area (Å²) in [6.07, 6.45) is 0.874. The molecule has 0 radical (unpaired) electrons. The highest BCUT2D eigenvalue weighted by molar-refractivity contribution is 5.91. The van der Waals surface area contributed by atoms with Crippen LogP contribution in [0.15, 0.2) is 72.9 Å². The maximum Gasteiger partial charge on any atom is 0.318 e. The van der Waals surface area contributed by atoms with Crippen LogP contribution in [0.2, 0.25) is 0 Å². The number of pyridine rings is 1. The molecule has 2 aromatic carbocycles. The molecule has 4 rings (SSSR count). The van der Waals surface area contributed by atoms with Crippen molar-refractivity contribution in [3.63, 3.8) is 0 Å². The molecule has 0 bridgehead atoms. The minimum atomic E-state index is -1.19. The number of carbonyl (C=O) groups is 3. The number of nitrogens with zero attached hydrogens (tertiary/aromatic N) is 2. The van der Waals surface area contributed by atoms with Crippen molar-refractivity contribution in [3.05, 3.63) is 95.3 Å². The smallest absolute Gasteiger partial charge is 0.318 e. The van der Waals surface area contributed by atoms with Gasteiger partial charge in [-0.1, -0.05) is 74.5 Å².